The molecule has 1 fully saturated rings. The van der Waals surface area contributed by atoms with Gasteiger partial charge in [-0.05, 0) is 25.3 Å². The Morgan fingerprint density at radius 1 is 1.23 bits per heavy atom. The first kappa shape index (κ1) is 21.7. The van der Waals surface area contributed by atoms with Crippen molar-refractivity contribution in [1.29, 1.82) is 0 Å². The van der Waals surface area contributed by atoms with Crippen LogP contribution in [0.3, 0.4) is 0 Å². The van der Waals surface area contributed by atoms with Gasteiger partial charge >= 0.3 is 6.18 Å². The van der Waals surface area contributed by atoms with E-state index in [1.807, 2.05) is 30.3 Å². The van der Waals surface area contributed by atoms with Crippen LogP contribution >= 0.6 is 23.2 Å². The van der Waals surface area contributed by atoms with Crippen molar-refractivity contribution in [3.63, 3.8) is 0 Å². The number of carbonyl (C=O) groups is 1. The Balaban J connectivity index is 1.55. The van der Waals surface area contributed by atoms with Crippen LogP contribution in [0.1, 0.15) is 48.7 Å². The van der Waals surface area contributed by atoms with E-state index in [2.05, 4.69) is 15.5 Å². The van der Waals surface area contributed by atoms with E-state index < -0.39 is 28.8 Å². The van der Waals surface area contributed by atoms with Crippen LogP contribution in [0, 0.1) is 0 Å². The Hall–Kier alpha value is -2.52. The van der Waals surface area contributed by atoms with Gasteiger partial charge in [0.05, 0.1) is 17.3 Å². The summed E-state index contributed by atoms with van der Waals surface area (Å²) in [6, 6.07) is 8.50. The van der Waals surface area contributed by atoms with Crippen molar-refractivity contribution in [1.82, 2.24) is 19.6 Å². The zero-order chi connectivity index (χ0) is 22.3. The molecule has 1 atom stereocenters. The first-order valence-electron chi connectivity index (χ1n) is 9.58. The van der Waals surface area contributed by atoms with Gasteiger partial charge in [0, 0.05) is 12.1 Å². The number of anilines is 1. The smallest absolute Gasteiger partial charge is 0.306 e. The Bertz CT molecular complexity index is 1110. The third-order valence-electron chi connectivity index (χ3n) is 5.01. The molecular formula is C20H18Cl2F3N5O. The van der Waals surface area contributed by atoms with Gasteiger partial charge in [-0.2, -0.15) is 23.4 Å². The second-order valence-electron chi connectivity index (χ2n) is 7.44. The van der Waals surface area contributed by atoms with Gasteiger partial charge in [0.2, 0.25) is 5.91 Å². The lowest BCUT2D eigenvalue weighted by atomic mass is 10.2. The zero-order valence-corrected chi connectivity index (χ0v) is 17.8. The molecule has 1 amide bonds. The largest absolute Gasteiger partial charge is 0.436 e. The molecule has 1 aromatic carbocycles. The molecule has 11 heteroatoms. The highest BCUT2D eigenvalue weighted by atomic mass is 35.5. The summed E-state index contributed by atoms with van der Waals surface area (Å²) in [7, 11) is 0. The Labute approximate surface area is 185 Å². The van der Waals surface area contributed by atoms with E-state index in [9.17, 15) is 18.0 Å². The molecule has 0 radical (unpaired) electrons. The molecule has 3 aromatic rings. The molecule has 0 aliphatic heterocycles. The molecule has 1 aliphatic carbocycles. The van der Waals surface area contributed by atoms with Crippen molar-refractivity contribution >= 4 is 34.9 Å². The van der Waals surface area contributed by atoms with Gasteiger partial charge in [0.15, 0.2) is 11.5 Å². The molecule has 1 N–H and O–H groups in total. The monoisotopic (exact) mass is 471 g/mol. The number of halogens is 5. The second kappa shape index (κ2) is 8.20. The standard InChI is InChI=1S/C20H18Cl2F3N5O/c1-11(30-16(13-7-8-13)15(22)17(27-30)20(23,24)25)19(31)26-18-14(21)10-29(28-18)9-12-5-3-2-4-6-12/h2-6,10-11,13H,7-9H2,1H3,(H,26,28,31). The first-order valence-corrected chi connectivity index (χ1v) is 10.3. The summed E-state index contributed by atoms with van der Waals surface area (Å²) in [5.74, 6) is -0.613. The van der Waals surface area contributed by atoms with Crippen molar-refractivity contribution in [3.8, 4) is 0 Å². The summed E-state index contributed by atoms with van der Waals surface area (Å²) in [5, 5.41) is 10.3. The summed E-state index contributed by atoms with van der Waals surface area (Å²) in [6.07, 6.45) is -1.74. The van der Waals surface area contributed by atoms with Gasteiger partial charge < -0.3 is 5.32 Å². The Morgan fingerprint density at radius 2 is 1.90 bits per heavy atom. The number of hydrogen-bond donors (Lipinski definition) is 1. The lowest BCUT2D eigenvalue weighted by Crippen LogP contribution is -2.26. The fraction of sp³-hybridized carbons (Fsp3) is 0.350. The zero-order valence-electron chi connectivity index (χ0n) is 16.3. The number of carbonyl (C=O) groups excluding carboxylic acids is 1. The number of nitrogens with one attached hydrogen (secondary N) is 1. The highest BCUT2D eigenvalue weighted by Crippen LogP contribution is 2.47. The maximum absolute atomic E-state index is 13.3. The van der Waals surface area contributed by atoms with Crippen LogP contribution < -0.4 is 5.32 Å². The van der Waals surface area contributed by atoms with Gasteiger partial charge in [-0.25, -0.2) is 0 Å². The van der Waals surface area contributed by atoms with Crippen LogP contribution in [-0.2, 0) is 17.5 Å². The molecule has 1 unspecified atom stereocenters. The van der Waals surface area contributed by atoms with Crippen molar-refractivity contribution in [2.75, 3.05) is 5.32 Å². The van der Waals surface area contributed by atoms with Gasteiger partial charge in [-0.1, -0.05) is 53.5 Å². The molecule has 2 aromatic heterocycles. The molecule has 1 saturated carbocycles. The third-order valence-corrected chi connectivity index (χ3v) is 5.66. The number of hydrogen-bond acceptors (Lipinski definition) is 3. The quantitative estimate of drug-likeness (QED) is 0.513. The summed E-state index contributed by atoms with van der Waals surface area (Å²) in [5.41, 5.74) is 0.0473. The lowest BCUT2D eigenvalue weighted by molar-refractivity contribution is -0.141. The number of nitrogens with zero attached hydrogens (tertiary/aromatic N) is 4. The van der Waals surface area contributed by atoms with Crippen molar-refractivity contribution in [2.24, 2.45) is 0 Å². The molecule has 164 valence electrons. The topological polar surface area (TPSA) is 64.7 Å². The van der Waals surface area contributed by atoms with E-state index in [1.165, 1.54) is 6.92 Å². The average molecular weight is 472 g/mol. The molecule has 0 bridgehead atoms. The van der Waals surface area contributed by atoms with Gasteiger partial charge in [0.1, 0.15) is 11.1 Å². The van der Waals surface area contributed by atoms with E-state index in [0.29, 0.717) is 19.4 Å². The average Bonchev–Trinajstić information content (AvgIpc) is 3.40. The fourth-order valence-corrected chi connectivity index (χ4v) is 3.88. The molecule has 31 heavy (non-hydrogen) atoms. The predicted octanol–water partition coefficient (Wildman–Crippen LogP) is 5.53. The van der Waals surface area contributed by atoms with E-state index >= 15 is 0 Å². The number of alkyl halides is 3. The minimum Gasteiger partial charge on any atom is -0.306 e. The summed E-state index contributed by atoms with van der Waals surface area (Å²) >= 11 is 12.2. The maximum atomic E-state index is 13.3. The van der Waals surface area contributed by atoms with Crippen LogP contribution in [0.5, 0.6) is 0 Å². The van der Waals surface area contributed by atoms with Crippen LogP contribution in [0.2, 0.25) is 10.0 Å². The van der Waals surface area contributed by atoms with Crippen molar-refractivity contribution in [3.05, 3.63) is 63.5 Å². The van der Waals surface area contributed by atoms with Crippen LogP contribution in [0.4, 0.5) is 19.0 Å². The summed E-state index contributed by atoms with van der Waals surface area (Å²) in [6.45, 7) is 1.90. The predicted molar refractivity (Wildman–Crippen MR) is 110 cm³/mol. The van der Waals surface area contributed by atoms with Crippen molar-refractivity contribution < 1.29 is 18.0 Å². The molecule has 6 nitrogen and oxygen atoms in total. The normalized spacial score (nSPS) is 15.2. The van der Waals surface area contributed by atoms with E-state index in [0.717, 1.165) is 10.2 Å². The molecule has 2 heterocycles. The summed E-state index contributed by atoms with van der Waals surface area (Å²) < 4.78 is 42.5. The second-order valence-corrected chi connectivity index (χ2v) is 8.22. The van der Waals surface area contributed by atoms with Gasteiger partial charge in [-0.3, -0.25) is 14.2 Å². The summed E-state index contributed by atoms with van der Waals surface area (Å²) in [4.78, 5) is 12.8. The van der Waals surface area contributed by atoms with Crippen LogP contribution in [0.25, 0.3) is 0 Å². The minimum absolute atomic E-state index is 0.122. The Kier molecular flexibility index (Phi) is 5.74. The lowest BCUT2D eigenvalue weighted by Gasteiger charge is -2.15. The molecular weight excluding hydrogens is 454 g/mol. The number of benzene rings is 1. The van der Waals surface area contributed by atoms with Crippen molar-refractivity contribution in [2.45, 2.75) is 44.4 Å². The van der Waals surface area contributed by atoms with E-state index in [-0.39, 0.29) is 22.5 Å². The van der Waals surface area contributed by atoms with Crippen LogP contribution in [0.15, 0.2) is 36.5 Å². The number of rotatable bonds is 6. The highest BCUT2D eigenvalue weighted by molar-refractivity contribution is 6.33. The maximum Gasteiger partial charge on any atom is 0.436 e. The third kappa shape index (κ3) is 4.57. The minimum atomic E-state index is -4.71. The van der Waals surface area contributed by atoms with E-state index in [1.54, 1.807) is 10.9 Å². The molecule has 0 spiro atoms. The highest BCUT2D eigenvalue weighted by Gasteiger charge is 2.43. The molecule has 0 saturated heterocycles. The Morgan fingerprint density at radius 3 is 2.52 bits per heavy atom. The molecule has 4 rings (SSSR count). The van der Waals surface area contributed by atoms with Gasteiger partial charge in [0.25, 0.3) is 0 Å². The number of aromatic nitrogens is 4. The van der Waals surface area contributed by atoms with Crippen LogP contribution in [-0.4, -0.2) is 25.5 Å². The first-order chi connectivity index (χ1) is 14.6. The fourth-order valence-electron chi connectivity index (χ4n) is 3.29. The number of amides is 1. The van der Waals surface area contributed by atoms with Gasteiger partial charge in [-0.15, -0.1) is 0 Å². The van der Waals surface area contributed by atoms with E-state index in [4.69, 9.17) is 23.2 Å². The molecule has 1 aliphatic rings. The SMILES string of the molecule is CC(C(=O)Nc1nn(Cc2ccccc2)cc1Cl)n1nc(C(F)(F)F)c(Cl)c1C1CC1.